The molecule has 0 aromatic carbocycles. The van der Waals surface area contributed by atoms with Crippen molar-refractivity contribution in [2.24, 2.45) is 5.92 Å². The van der Waals surface area contributed by atoms with Crippen molar-refractivity contribution in [2.45, 2.75) is 39.2 Å². The molecule has 1 atom stereocenters. The maximum absolute atomic E-state index is 12.2. The van der Waals surface area contributed by atoms with E-state index in [-0.39, 0.29) is 11.8 Å². The zero-order valence-corrected chi connectivity index (χ0v) is 11.5. The third-order valence-corrected chi connectivity index (χ3v) is 3.20. The second-order valence-electron chi connectivity index (χ2n) is 4.66. The first-order valence-corrected chi connectivity index (χ1v) is 6.88. The molecule has 1 saturated carbocycles. The molecule has 0 aromatic heterocycles. The van der Waals surface area contributed by atoms with Gasteiger partial charge in [0.1, 0.15) is 6.04 Å². The third-order valence-electron chi connectivity index (χ3n) is 2.84. The van der Waals surface area contributed by atoms with Crippen molar-refractivity contribution in [3.8, 4) is 0 Å². The van der Waals surface area contributed by atoms with Gasteiger partial charge in [-0.3, -0.25) is 9.59 Å². The molecule has 0 aliphatic heterocycles. The number of hydrogen-bond donors (Lipinski definition) is 2. The van der Waals surface area contributed by atoms with Gasteiger partial charge in [-0.05, 0) is 25.2 Å². The first kappa shape index (κ1) is 14.4. The van der Waals surface area contributed by atoms with Crippen molar-refractivity contribution in [1.82, 2.24) is 10.2 Å². The van der Waals surface area contributed by atoms with Crippen molar-refractivity contribution in [1.29, 1.82) is 0 Å². The number of rotatable bonds is 7. The lowest BCUT2D eigenvalue weighted by Crippen LogP contribution is -2.49. The topological polar surface area (TPSA) is 49.4 Å². The van der Waals surface area contributed by atoms with E-state index in [0.29, 0.717) is 11.7 Å². The van der Waals surface area contributed by atoms with Crippen molar-refractivity contribution >= 4 is 24.4 Å². The fraction of sp³-hybridized carbons (Fsp3) is 0.833. The normalized spacial score (nSPS) is 16.4. The number of hydrogen-bond acceptors (Lipinski definition) is 3. The predicted molar refractivity (Wildman–Crippen MR) is 71.1 cm³/mol. The summed E-state index contributed by atoms with van der Waals surface area (Å²) in [6.07, 6.45) is 3.39. The van der Waals surface area contributed by atoms with Gasteiger partial charge in [0.15, 0.2) is 0 Å². The summed E-state index contributed by atoms with van der Waals surface area (Å²) in [5, 5.41) is 2.66. The summed E-state index contributed by atoms with van der Waals surface area (Å²) in [4.78, 5) is 25.1. The number of carbonyl (C=O) groups excluding carboxylic acids is 2. The highest BCUT2D eigenvalue weighted by atomic mass is 32.1. The Morgan fingerprint density at radius 3 is 2.53 bits per heavy atom. The van der Waals surface area contributed by atoms with Crippen LogP contribution in [0.3, 0.4) is 0 Å². The van der Waals surface area contributed by atoms with E-state index in [4.69, 9.17) is 0 Å². The van der Waals surface area contributed by atoms with Gasteiger partial charge in [0.25, 0.3) is 0 Å². The van der Waals surface area contributed by atoms with Crippen LogP contribution in [0.5, 0.6) is 0 Å². The van der Waals surface area contributed by atoms with Gasteiger partial charge < -0.3 is 10.2 Å². The molecule has 0 radical (unpaired) electrons. The Kier molecular flexibility index (Phi) is 5.82. The highest BCUT2D eigenvalue weighted by Crippen LogP contribution is 2.29. The van der Waals surface area contributed by atoms with Crippen LogP contribution in [0.25, 0.3) is 0 Å². The van der Waals surface area contributed by atoms with Gasteiger partial charge in [-0.1, -0.05) is 6.92 Å². The largest absolute Gasteiger partial charge is 0.344 e. The molecule has 0 saturated heterocycles. The van der Waals surface area contributed by atoms with E-state index in [9.17, 15) is 9.59 Å². The molecular weight excluding hydrogens is 236 g/mol. The molecule has 2 amide bonds. The standard InChI is InChI=1S/C12H22N2O2S/c1-3-6-14(7-10-4-5-10)12(16)11(8-17)13-9(2)15/h10-11,17H,3-8H2,1-2H3,(H,13,15). The molecule has 0 spiro atoms. The van der Waals surface area contributed by atoms with Crippen LogP contribution in [0.15, 0.2) is 0 Å². The predicted octanol–water partition coefficient (Wildman–Crippen LogP) is 1.07. The minimum Gasteiger partial charge on any atom is -0.344 e. The average Bonchev–Trinajstić information content (AvgIpc) is 3.08. The molecular formula is C12H22N2O2S. The maximum Gasteiger partial charge on any atom is 0.246 e. The van der Waals surface area contributed by atoms with E-state index in [2.05, 4.69) is 24.9 Å². The van der Waals surface area contributed by atoms with Crippen molar-refractivity contribution < 1.29 is 9.59 Å². The Balaban J connectivity index is 2.55. The van der Waals surface area contributed by atoms with Gasteiger partial charge >= 0.3 is 0 Å². The van der Waals surface area contributed by atoms with E-state index in [0.717, 1.165) is 19.5 Å². The van der Waals surface area contributed by atoms with Crippen LogP contribution in [0.4, 0.5) is 0 Å². The SMILES string of the molecule is CCCN(CC1CC1)C(=O)C(CS)NC(C)=O. The smallest absolute Gasteiger partial charge is 0.246 e. The van der Waals surface area contributed by atoms with Crippen molar-refractivity contribution in [3.05, 3.63) is 0 Å². The molecule has 0 heterocycles. The zero-order valence-electron chi connectivity index (χ0n) is 10.6. The van der Waals surface area contributed by atoms with E-state index >= 15 is 0 Å². The Morgan fingerprint density at radius 2 is 2.12 bits per heavy atom. The number of nitrogens with zero attached hydrogens (tertiary/aromatic N) is 1. The summed E-state index contributed by atoms with van der Waals surface area (Å²) < 4.78 is 0. The number of carbonyl (C=O) groups is 2. The van der Waals surface area contributed by atoms with Gasteiger partial charge in [0.05, 0.1) is 0 Å². The van der Waals surface area contributed by atoms with Crippen LogP contribution >= 0.6 is 12.6 Å². The Morgan fingerprint density at radius 1 is 1.47 bits per heavy atom. The Hall–Kier alpha value is -0.710. The molecule has 1 rings (SSSR count). The summed E-state index contributed by atoms with van der Waals surface area (Å²) in [5.74, 6) is 0.844. The van der Waals surface area contributed by atoms with Crippen LogP contribution in [-0.4, -0.2) is 41.6 Å². The average molecular weight is 258 g/mol. The first-order valence-electron chi connectivity index (χ1n) is 6.25. The quantitative estimate of drug-likeness (QED) is 0.671. The molecule has 1 fully saturated rings. The Labute approximate surface area is 109 Å². The molecule has 17 heavy (non-hydrogen) atoms. The lowest BCUT2D eigenvalue weighted by molar-refractivity contribution is -0.135. The van der Waals surface area contributed by atoms with Gasteiger partial charge in [0, 0.05) is 25.8 Å². The molecule has 1 unspecified atom stereocenters. The molecule has 98 valence electrons. The maximum atomic E-state index is 12.2. The van der Waals surface area contributed by atoms with Crippen molar-refractivity contribution in [2.75, 3.05) is 18.8 Å². The van der Waals surface area contributed by atoms with Crippen molar-refractivity contribution in [3.63, 3.8) is 0 Å². The molecule has 4 nitrogen and oxygen atoms in total. The fourth-order valence-electron chi connectivity index (χ4n) is 1.82. The monoisotopic (exact) mass is 258 g/mol. The molecule has 1 aliphatic carbocycles. The van der Waals surface area contributed by atoms with E-state index in [1.165, 1.54) is 19.8 Å². The van der Waals surface area contributed by atoms with Gasteiger partial charge in [0.2, 0.25) is 11.8 Å². The van der Waals surface area contributed by atoms with E-state index in [1.807, 2.05) is 4.90 Å². The summed E-state index contributed by atoms with van der Waals surface area (Å²) in [6, 6.07) is -0.485. The van der Waals surface area contributed by atoms with Crippen LogP contribution in [-0.2, 0) is 9.59 Å². The second-order valence-corrected chi connectivity index (χ2v) is 5.03. The zero-order chi connectivity index (χ0) is 12.8. The highest BCUT2D eigenvalue weighted by molar-refractivity contribution is 7.80. The number of thiol groups is 1. The first-order chi connectivity index (χ1) is 8.08. The lowest BCUT2D eigenvalue weighted by Gasteiger charge is -2.26. The van der Waals surface area contributed by atoms with Gasteiger partial charge in [-0.25, -0.2) is 0 Å². The number of nitrogens with one attached hydrogen (secondary N) is 1. The Bertz CT molecular complexity index is 280. The van der Waals surface area contributed by atoms with E-state index in [1.54, 1.807) is 0 Å². The highest BCUT2D eigenvalue weighted by Gasteiger charge is 2.29. The second kappa shape index (κ2) is 6.89. The summed E-state index contributed by atoms with van der Waals surface area (Å²) in [6.45, 7) is 5.08. The third kappa shape index (κ3) is 4.98. The summed E-state index contributed by atoms with van der Waals surface area (Å²) >= 11 is 4.14. The molecule has 1 aliphatic rings. The number of amides is 2. The molecule has 1 N–H and O–H groups in total. The van der Waals surface area contributed by atoms with E-state index < -0.39 is 6.04 Å². The molecule has 0 aromatic rings. The minimum absolute atomic E-state index is 0.00366. The van der Waals surface area contributed by atoms with Crippen LogP contribution < -0.4 is 5.32 Å². The fourth-order valence-corrected chi connectivity index (χ4v) is 2.07. The van der Waals surface area contributed by atoms with Gasteiger partial charge in [-0.15, -0.1) is 0 Å². The minimum atomic E-state index is -0.485. The molecule has 5 heteroatoms. The summed E-state index contributed by atoms with van der Waals surface area (Å²) in [7, 11) is 0. The van der Waals surface area contributed by atoms with Crippen LogP contribution in [0, 0.1) is 5.92 Å². The lowest BCUT2D eigenvalue weighted by atomic mass is 10.2. The van der Waals surface area contributed by atoms with Gasteiger partial charge in [-0.2, -0.15) is 12.6 Å². The molecule has 0 bridgehead atoms. The summed E-state index contributed by atoms with van der Waals surface area (Å²) in [5.41, 5.74) is 0. The van der Waals surface area contributed by atoms with Crippen LogP contribution in [0.2, 0.25) is 0 Å². The van der Waals surface area contributed by atoms with Crippen LogP contribution in [0.1, 0.15) is 33.1 Å².